The zero-order chi connectivity index (χ0) is 19.7. The number of carbonyl (C=O) groups is 2. The lowest BCUT2D eigenvalue weighted by Crippen LogP contribution is -2.39. The number of hydrogen-bond donors (Lipinski definition) is 1. The van der Waals surface area contributed by atoms with Gasteiger partial charge >= 0.3 is 0 Å². The Morgan fingerprint density at radius 3 is 2.74 bits per heavy atom. The molecule has 1 N–H and O–H groups in total. The van der Waals surface area contributed by atoms with E-state index in [1.807, 2.05) is 25.4 Å². The van der Waals surface area contributed by atoms with Crippen LogP contribution in [-0.2, 0) is 16.6 Å². The Bertz CT molecular complexity index is 864. The van der Waals surface area contributed by atoms with Gasteiger partial charge in [-0.05, 0) is 30.8 Å². The molecule has 8 heteroatoms. The summed E-state index contributed by atoms with van der Waals surface area (Å²) in [5.74, 6) is -0.129. The Kier molecular flexibility index (Phi) is 5.53. The highest BCUT2D eigenvalue weighted by atomic mass is 35.5. The molecule has 1 aliphatic rings. The third-order valence-corrected chi connectivity index (χ3v) is 5.14. The van der Waals surface area contributed by atoms with E-state index >= 15 is 0 Å². The van der Waals surface area contributed by atoms with Crippen LogP contribution in [0.1, 0.15) is 29.5 Å². The fourth-order valence-electron chi connectivity index (χ4n) is 3.47. The third-order valence-electron chi connectivity index (χ3n) is 4.90. The first-order chi connectivity index (χ1) is 12.8. The van der Waals surface area contributed by atoms with Gasteiger partial charge in [0.15, 0.2) is 0 Å². The first kappa shape index (κ1) is 19.4. The number of hydrogen-bond acceptors (Lipinski definition) is 4. The van der Waals surface area contributed by atoms with E-state index in [4.69, 9.17) is 11.6 Å². The van der Waals surface area contributed by atoms with E-state index in [1.165, 1.54) is 0 Å². The molecule has 2 amide bonds. The monoisotopic (exact) mass is 389 g/mol. The summed E-state index contributed by atoms with van der Waals surface area (Å²) in [6, 6.07) is 4.97. The highest BCUT2D eigenvalue weighted by molar-refractivity contribution is 6.30. The van der Waals surface area contributed by atoms with Crippen LogP contribution in [0.2, 0.25) is 5.02 Å². The maximum atomic E-state index is 13.3. The van der Waals surface area contributed by atoms with E-state index in [2.05, 4.69) is 10.4 Å². The summed E-state index contributed by atoms with van der Waals surface area (Å²) in [6.45, 7) is 0.451. The van der Waals surface area contributed by atoms with Crippen molar-refractivity contribution in [1.29, 1.82) is 0 Å². The average Bonchev–Trinajstić information content (AvgIpc) is 3.19. The summed E-state index contributed by atoms with van der Waals surface area (Å²) in [6.07, 6.45) is 3.84. The van der Waals surface area contributed by atoms with Crippen molar-refractivity contribution < 1.29 is 9.59 Å². The SMILES string of the molecule is CNC(C(=O)N1CC(CC(=O)N(C)C)c2cc(Cl)ccc21)c1cnn(C)c1. The molecule has 27 heavy (non-hydrogen) atoms. The van der Waals surface area contributed by atoms with E-state index < -0.39 is 6.04 Å². The quantitative estimate of drug-likeness (QED) is 0.848. The molecule has 3 rings (SSSR count). The predicted molar refractivity (Wildman–Crippen MR) is 105 cm³/mol. The largest absolute Gasteiger partial charge is 0.349 e. The second-order valence-electron chi connectivity index (χ2n) is 7.01. The van der Waals surface area contributed by atoms with Crippen molar-refractivity contribution in [2.75, 3.05) is 32.6 Å². The van der Waals surface area contributed by atoms with Crippen LogP contribution in [0.15, 0.2) is 30.6 Å². The van der Waals surface area contributed by atoms with Gasteiger partial charge in [0.2, 0.25) is 11.8 Å². The van der Waals surface area contributed by atoms with Crippen molar-refractivity contribution in [1.82, 2.24) is 20.0 Å². The molecule has 0 spiro atoms. The Labute approximate surface area is 163 Å². The van der Waals surface area contributed by atoms with E-state index in [0.29, 0.717) is 18.0 Å². The molecule has 144 valence electrons. The van der Waals surface area contributed by atoms with Gasteiger partial charge in [0.25, 0.3) is 0 Å². The maximum absolute atomic E-state index is 13.3. The van der Waals surface area contributed by atoms with Crippen LogP contribution < -0.4 is 10.2 Å². The molecule has 2 heterocycles. The summed E-state index contributed by atoms with van der Waals surface area (Å²) < 4.78 is 1.67. The summed E-state index contributed by atoms with van der Waals surface area (Å²) >= 11 is 6.18. The number of anilines is 1. The van der Waals surface area contributed by atoms with Gasteiger partial charge in [-0.15, -0.1) is 0 Å². The number of nitrogens with one attached hydrogen (secondary N) is 1. The van der Waals surface area contributed by atoms with E-state index in [0.717, 1.165) is 16.8 Å². The molecule has 2 aromatic rings. The number of rotatable bonds is 5. The van der Waals surface area contributed by atoms with Crippen LogP contribution >= 0.6 is 11.6 Å². The summed E-state index contributed by atoms with van der Waals surface area (Å²) in [7, 11) is 7.04. The number of benzene rings is 1. The third kappa shape index (κ3) is 3.84. The molecule has 0 aliphatic carbocycles. The number of amides is 2. The highest BCUT2D eigenvalue weighted by Gasteiger charge is 2.37. The molecule has 0 saturated carbocycles. The van der Waals surface area contributed by atoms with E-state index in [9.17, 15) is 9.59 Å². The molecule has 1 aromatic heterocycles. The summed E-state index contributed by atoms with van der Waals surface area (Å²) in [5, 5.41) is 7.84. The van der Waals surface area contributed by atoms with E-state index in [-0.39, 0.29) is 17.7 Å². The van der Waals surface area contributed by atoms with Crippen molar-refractivity contribution in [2.45, 2.75) is 18.4 Å². The Morgan fingerprint density at radius 2 is 2.15 bits per heavy atom. The zero-order valence-corrected chi connectivity index (χ0v) is 16.7. The molecule has 7 nitrogen and oxygen atoms in total. The fourth-order valence-corrected chi connectivity index (χ4v) is 3.65. The number of carbonyl (C=O) groups excluding carboxylic acids is 2. The average molecular weight is 390 g/mol. The predicted octanol–water partition coefficient (Wildman–Crippen LogP) is 1.94. The first-order valence-corrected chi connectivity index (χ1v) is 9.16. The number of aryl methyl sites for hydroxylation is 1. The van der Waals surface area contributed by atoms with Crippen molar-refractivity contribution >= 4 is 29.1 Å². The normalized spacial score (nSPS) is 16.9. The zero-order valence-electron chi connectivity index (χ0n) is 15.9. The van der Waals surface area contributed by atoms with Crippen LogP contribution in [0.4, 0.5) is 5.69 Å². The Hall–Kier alpha value is -2.38. The van der Waals surface area contributed by atoms with Gasteiger partial charge in [-0.3, -0.25) is 14.3 Å². The molecule has 2 atom stereocenters. The van der Waals surface area contributed by atoms with E-state index in [1.54, 1.807) is 47.9 Å². The number of nitrogens with zero attached hydrogens (tertiary/aromatic N) is 4. The molecule has 0 fully saturated rings. The van der Waals surface area contributed by atoms with Gasteiger partial charge in [0.05, 0.1) is 6.20 Å². The highest BCUT2D eigenvalue weighted by Crippen LogP contribution is 2.41. The molecule has 0 saturated heterocycles. The van der Waals surface area contributed by atoms with Crippen molar-refractivity contribution in [2.24, 2.45) is 7.05 Å². The smallest absolute Gasteiger partial charge is 0.248 e. The lowest BCUT2D eigenvalue weighted by Gasteiger charge is -2.23. The van der Waals surface area contributed by atoms with Crippen LogP contribution in [0.3, 0.4) is 0 Å². The van der Waals surface area contributed by atoms with Crippen molar-refractivity contribution in [3.63, 3.8) is 0 Å². The van der Waals surface area contributed by atoms with Gasteiger partial charge in [-0.1, -0.05) is 11.6 Å². The van der Waals surface area contributed by atoms with Crippen LogP contribution in [0, 0.1) is 0 Å². The fraction of sp³-hybridized carbons (Fsp3) is 0.421. The van der Waals surface area contributed by atoms with Crippen LogP contribution in [-0.4, -0.2) is 54.2 Å². The lowest BCUT2D eigenvalue weighted by molar-refractivity contribution is -0.129. The molecular weight excluding hydrogens is 366 g/mol. The number of fused-ring (bicyclic) bond motifs is 1. The number of likely N-dealkylation sites (N-methyl/N-ethyl adjacent to an activating group) is 1. The molecule has 0 bridgehead atoms. The van der Waals surface area contributed by atoms with Gasteiger partial charge in [-0.2, -0.15) is 5.10 Å². The molecule has 2 unspecified atom stereocenters. The second-order valence-corrected chi connectivity index (χ2v) is 7.45. The Morgan fingerprint density at radius 1 is 1.41 bits per heavy atom. The van der Waals surface area contributed by atoms with Crippen LogP contribution in [0.25, 0.3) is 0 Å². The topological polar surface area (TPSA) is 70.5 Å². The lowest BCUT2D eigenvalue weighted by atomic mass is 9.97. The second kappa shape index (κ2) is 7.70. The van der Waals surface area contributed by atoms with Gasteiger partial charge in [0, 0.05) is 62.5 Å². The van der Waals surface area contributed by atoms with Gasteiger partial charge in [-0.25, -0.2) is 0 Å². The minimum Gasteiger partial charge on any atom is -0.349 e. The van der Waals surface area contributed by atoms with Crippen molar-refractivity contribution in [3.8, 4) is 0 Å². The van der Waals surface area contributed by atoms with Crippen molar-refractivity contribution in [3.05, 3.63) is 46.7 Å². The van der Waals surface area contributed by atoms with Gasteiger partial charge in [0.1, 0.15) is 6.04 Å². The van der Waals surface area contributed by atoms with Crippen LogP contribution in [0.5, 0.6) is 0 Å². The van der Waals surface area contributed by atoms with Gasteiger partial charge < -0.3 is 15.1 Å². The summed E-state index contributed by atoms with van der Waals surface area (Å²) in [4.78, 5) is 28.9. The first-order valence-electron chi connectivity index (χ1n) is 8.78. The number of aromatic nitrogens is 2. The number of halogens is 1. The minimum atomic E-state index is -0.509. The molecule has 1 aromatic carbocycles. The summed E-state index contributed by atoms with van der Waals surface area (Å²) in [5.41, 5.74) is 2.55. The molecule has 0 radical (unpaired) electrons. The standard InChI is InChI=1S/C19H24ClN5O2/c1-21-18(13-9-22-24(4)10-13)19(27)25-11-12(7-17(26)23(2)3)15-8-14(20)5-6-16(15)25/h5-6,8-10,12,18,21H,7,11H2,1-4H3. The maximum Gasteiger partial charge on any atom is 0.248 e. The molecule has 1 aliphatic heterocycles. The molecular formula is C19H24ClN5O2. The Balaban J connectivity index is 1.92. The minimum absolute atomic E-state index is 0.0256.